The van der Waals surface area contributed by atoms with Gasteiger partial charge < -0.3 is 19.9 Å². The Morgan fingerprint density at radius 2 is 2.21 bits per heavy atom. The molecule has 0 bridgehead atoms. The van der Waals surface area contributed by atoms with E-state index < -0.39 is 0 Å². The molecule has 0 radical (unpaired) electrons. The van der Waals surface area contributed by atoms with Crippen LogP contribution in [-0.4, -0.2) is 34.8 Å². The first-order chi connectivity index (χ1) is 11.6. The summed E-state index contributed by atoms with van der Waals surface area (Å²) < 4.78 is 7.61. The van der Waals surface area contributed by atoms with Crippen LogP contribution in [0.2, 0.25) is 0 Å². The summed E-state index contributed by atoms with van der Waals surface area (Å²) in [5.74, 6) is 0.984. The number of anilines is 1. The molecule has 0 spiro atoms. The van der Waals surface area contributed by atoms with Gasteiger partial charge in [-0.05, 0) is 44.4 Å². The summed E-state index contributed by atoms with van der Waals surface area (Å²) in [6, 6.07) is 7.90. The average Bonchev–Trinajstić information content (AvgIpc) is 3.24. The van der Waals surface area contributed by atoms with Gasteiger partial charge in [0.1, 0.15) is 5.82 Å². The Bertz CT molecular complexity index is 675. The highest BCUT2D eigenvalue weighted by Gasteiger charge is 2.16. The third-order valence-electron chi connectivity index (χ3n) is 4.44. The molecule has 1 aliphatic heterocycles. The SMILES string of the molecule is Cc1nccn1[C@@H](C)c1ccc(NC(=O)NC[C@H]2CCCO2)cc1. The van der Waals surface area contributed by atoms with Crippen LogP contribution >= 0.6 is 0 Å². The van der Waals surface area contributed by atoms with E-state index in [0.717, 1.165) is 31.0 Å². The lowest BCUT2D eigenvalue weighted by atomic mass is 10.1. The number of imidazole rings is 1. The van der Waals surface area contributed by atoms with Crippen LogP contribution in [0.4, 0.5) is 10.5 Å². The van der Waals surface area contributed by atoms with Crippen LogP contribution < -0.4 is 10.6 Å². The highest BCUT2D eigenvalue weighted by molar-refractivity contribution is 5.89. The van der Waals surface area contributed by atoms with Gasteiger partial charge in [0, 0.05) is 31.2 Å². The molecule has 2 aromatic rings. The van der Waals surface area contributed by atoms with Gasteiger partial charge in [-0.1, -0.05) is 12.1 Å². The van der Waals surface area contributed by atoms with Gasteiger partial charge in [-0.25, -0.2) is 9.78 Å². The van der Waals surface area contributed by atoms with Gasteiger partial charge in [0.2, 0.25) is 0 Å². The Morgan fingerprint density at radius 1 is 1.42 bits per heavy atom. The average molecular weight is 328 g/mol. The van der Waals surface area contributed by atoms with E-state index in [-0.39, 0.29) is 18.2 Å². The van der Waals surface area contributed by atoms with E-state index in [1.807, 2.05) is 37.4 Å². The zero-order valence-corrected chi connectivity index (χ0v) is 14.2. The molecule has 128 valence electrons. The van der Waals surface area contributed by atoms with Gasteiger partial charge in [0.25, 0.3) is 0 Å². The fourth-order valence-electron chi connectivity index (χ4n) is 2.99. The van der Waals surface area contributed by atoms with Gasteiger partial charge >= 0.3 is 6.03 Å². The van der Waals surface area contributed by atoms with Crippen molar-refractivity contribution in [2.24, 2.45) is 0 Å². The zero-order valence-electron chi connectivity index (χ0n) is 14.2. The molecular weight excluding hydrogens is 304 g/mol. The first kappa shape index (κ1) is 16.5. The zero-order chi connectivity index (χ0) is 16.9. The first-order valence-electron chi connectivity index (χ1n) is 8.39. The van der Waals surface area contributed by atoms with Gasteiger partial charge in [-0.2, -0.15) is 0 Å². The monoisotopic (exact) mass is 328 g/mol. The molecule has 0 saturated carbocycles. The van der Waals surface area contributed by atoms with Crippen LogP contribution in [0.3, 0.4) is 0 Å². The quantitative estimate of drug-likeness (QED) is 0.886. The second kappa shape index (κ2) is 7.49. The summed E-state index contributed by atoms with van der Waals surface area (Å²) in [6.07, 6.45) is 6.02. The lowest BCUT2D eigenvalue weighted by molar-refractivity contribution is 0.112. The number of ether oxygens (including phenoxy) is 1. The number of carbonyl (C=O) groups excluding carboxylic acids is 1. The maximum absolute atomic E-state index is 11.9. The van der Waals surface area contributed by atoms with Crippen LogP contribution in [-0.2, 0) is 4.74 Å². The topological polar surface area (TPSA) is 68.2 Å². The number of carbonyl (C=O) groups is 1. The van der Waals surface area contributed by atoms with Crippen molar-refractivity contribution in [1.82, 2.24) is 14.9 Å². The van der Waals surface area contributed by atoms with E-state index >= 15 is 0 Å². The largest absolute Gasteiger partial charge is 0.376 e. The number of aromatic nitrogens is 2. The first-order valence-corrected chi connectivity index (χ1v) is 8.39. The standard InChI is InChI=1S/C18H24N4O2/c1-13(22-10-9-19-14(22)2)15-5-7-16(8-6-15)21-18(23)20-12-17-4-3-11-24-17/h5-10,13,17H,3-4,11-12H2,1-2H3,(H2,20,21,23)/t13-,17+/m0/s1. The molecule has 1 aromatic carbocycles. The van der Waals surface area contributed by atoms with Crippen molar-refractivity contribution in [2.45, 2.75) is 38.8 Å². The molecule has 6 nitrogen and oxygen atoms in total. The third kappa shape index (κ3) is 3.94. The molecule has 2 heterocycles. The fourth-order valence-corrected chi connectivity index (χ4v) is 2.99. The van der Waals surface area contributed by atoms with Crippen molar-refractivity contribution in [2.75, 3.05) is 18.5 Å². The van der Waals surface area contributed by atoms with Gasteiger partial charge in [-0.3, -0.25) is 0 Å². The number of rotatable bonds is 5. The molecule has 0 aliphatic carbocycles. The third-order valence-corrected chi connectivity index (χ3v) is 4.44. The van der Waals surface area contributed by atoms with Gasteiger partial charge in [0.15, 0.2) is 0 Å². The summed E-state index contributed by atoms with van der Waals surface area (Å²) in [7, 11) is 0. The summed E-state index contributed by atoms with van der Waals surface area (Å²) in [5, 5.41) is 5.71. The van der Waals surface area contributed by atoms with Crippen molar-refractivity contribution < 1.29 is 9.53 Å². The predicted molar refractivity (Wildman–Crippen MR) is 93.2 cm³/mol. The van der Waals surface area contributed by atoms with E-state index in [0.29, 0.717) is 6.54 Å². The number of benzene rings is 1. The molecule has 1 saturated heterocycles. The Labute approximate surface area is 142 Å². The Kier molecular flexibility index (Phi) is 5.15. The van der Waals surface area contributed by atoms with Gasteiger partial charge in [0.05, 0.1) is 12.1 Å². The van der Waals surface area contributed by atoms with Crippen LogP contribution in [0.1, 0.15) is 37.2 Å². The number of hydrogen-bond acceptors (Lipinski definition) is 3. The molecule has 1 fully saturated rings. The number of amides is 2. The summed E-state index contributed by atoms with van der Waals surface area (Å²) >= 11 is 0. The molecule has 6 heteroatoms. The predicted octanol–water partition coefficient (Wildman–Crippen LogP) is 3.10. The van der Waals surface area contributed by atoms with Crippen molar-refractivity contribution in [3.05, 3.63) is 48.0 Å². The smallest absolute Gasteiger partial charge is 0.319 e. The lowest BCUT2D eigenvalue weighted by Crippen LogP contribution is -2.35. The van der Waals surface area contributed by atoms with Crippen LogP contribution in [0.25, 0.3) is 0 Å². The second-order valence-corrected chi connectivity index (χ2v) is 6.15. The lowest BCUT2D eigenvalue weighted by Gasteiger charge is -2.16. The maximum atomic E-state index is 11.9. The molecule has 2 amide bonds. The summed E-state index contributed by atoms with van der Waals surface area (Å²) in [5.41, 5.74) is 1.94. The summed E-state index contributed by atoms with van der Waals surface area (Å²) in [6.45, 7) is 5.47. The number of aryl methyl sites for hydroxylation is 1. The maximum Gasteiger partial charge on any atom is 0.319 e. The minimum atomic E-state index is -0.197. The Hall–Kier alpha value is -2.34. The van der Waals surface area contributed by atoms with Crippen LogP contribution in [0, 0.1) is 6.92 Å². The normalized spacial score (nSPS) is 18.3. The van der Waals surface area contributed by atoms with Crippen molar-refractivity contribution in [1.29, 1.82) is 0 Å². The number of urea groups is 1. The minimum Gasteiger partial charge on any atom is -0.376 e. The highest BCUT2D eigenvalue weighted by Crippen LogP contribution is 2.21. The molecule has 0 unspecified atom stereocenters. The van der Waals surface area contributed by atoms with Crippen molar-refractivity contribution >= 4 is 11.7 Å². The molecule has 2 N–H and O–H groups in total. The van der Waals surface area contributed by atoms with Crippen molar-refractivity contribution in [3.63, 3.8) is 0 Å². The van der Waals surface area contributed by atoms with Gasteiger partial charge in [-0.15, -0.1) is 0 Å². The van der Waals surface area contributed by atoms with E-state index in [9.17, 15) is 4.79 Å². The van der Waals surface area contributed by atoms with E-state index in [2.05, 4.69) is 27.1 Å². The van der Waals surface area contributed by atoms with Crippen LogP contribution in [0.5, 0.6) is 0 Å². The van der Waals surface area contributed by atoms with E-state index in [4.69, 9.17) is 4.74 Å². The second-order valence-electron chi connectivity index (χ2n) is 6.15. The van der Waals surface area contributed by atoms with Crippen LogP contribution in [0.15, 0.2) is 36.7 Å². The summed E-state index contributed by atoms with van der Waals surface area (Å²) in [4.78, 5) is 16.2. The highest BCUT2D eigenvalue weighted by atomic mass is 16.5. The molecular formula is C18H24N4O2. The molecule has 1 aromatic heterocycles. The van der Waals surface area contributed by atoms with E-state index in [1.54, 1.807) is 6.20 Å². The molecule has 3 rings (SSSR count). The molecule has 2 atom stereocenters. The Morgan fingerprint density at radius 3 is 2.83 bits per heavy atom. The molecule has 24 heavy (non-hydrogen) atoms. The molecule has 1 aliphatic rings. The Balaban J connectivity index is 1.54. The minimum absolute atomic E-state index is 0.150. The fraction of sp³-hybridized carbons (Fsp3) is 0.444. The number of nitrogens with zero attached hydrogens (tertiary/aromatic N) is 2. The number of hydrogen-bond donors (Lipinski definition) is 2. The number of nitrogens with one attached hydrogen (secondary N) is 2. The van der Waals surface area contributed by atoms with E-state index in [1.165, 1.54) is 5.56 Å². The van der Waals surface area contributed by atoms with Crippen molar-refractivity contribution in [3.8, 4) is 0 Å².